The van der Waals surface area contributed by atoms with Crippen LogP contribution in [-0.2, 0) is 35.8 Å². The minimum atomic E-state index is -3.63. The van der Waals surface area contributed by atoms with Crippen LogP contribution < -0.4 is 26.6 Å². The van der Waals surface area contributed by atoms with Crippen LogP contribution in [0.15, 0.2) is 96.6 Å². The number of benzene rings is 3. The second kappa shape index (κ2) is 20.6. The number of hydrogen-bond donors (Lipinski definition) is 5. The van der Waals surface area contributed by atoms with Crippen molar-refractivity contribution in [1.29, 1.82) is 0 Å². The summed E-state index contributed by atoms with van der Waals surface area (Å²) < 4.78 is 30.7. The third-order valence-corrected chi connectivity index (χ3v) is 12.4. The summed E-state index contributed by atoms with van der Waals surface area (Å²) in [5, 5.41) is 15.9. The lowest BCUT2D eigenvalue weighted by Crippen LogP contribution is -2.54. The third-order valence-electron chi connectivity index (χ3n) is 10.7. The van der Waals surface area contributed by atoms with Crippen molar-refractivity contribution in [3.8, 4) is 11.3 Å². The number of fused-ring (bicyclic) bond motifs is 1. The van der Waals surface area contributed by atoms with E-state index in [2.05, 4.69) is 31.6 Å². The summed E-state index contributed by atoms with van der Waals surface area (Å²) in [6, 6.07) is 20.2. The summed E-state index contributed by atoms with van der Waals surface area (Å²) in [6.07, 6.45) is 6.87. The summed E-state index contributed by atoms with van der Waals surface area (Å²) in [5.41, 5.74) is 3.85. The van der Waals surface area contributed by atoms with Gasteiger partial charge in [0.25, 0.3) is 29.5 Å². The van der Waals surface area contributed by atoms with Crippen LogP contribution >= 0.6 is 11.3 Å². The Labute approximate surface area is 378 Å². The number of ether oxygens (including phenoxy) is 1. The maximum absolute atomic E-state index is 13.5. The number of aromatic nitrogens is 2. The van der Waals surface area contributed by atoms with E-state index in [4.69, 9.17) is 4.74 Å². The van der Waals surface area contributed by atoms with E-state index in [1.54, 1.807) is 47.8 Å². The fourth-order valence-corrected chi connectivity index (χ4v) is 8.48. The topological polar surface area (TPSA) is 244 Å². The molecule has 0 bridgehead atoms. The molecule has 7 amide bonds. The SMILES string of the molecule is CS(=O)(=O)n1ccc(C(=O)NC(COCc2ccc(C(=O)NCCCCCCNc3ccc4c(c3)C(=O)N(C3CCC(=O)NC3=O)C4=O)cc2)C(=O)Nc2nc(-c3ccccc3)cs2)c1. The minimum absolute atomic E-state index is 0.0351. The van der Waals surface area contributed by atoms with Gasteiger partial charge in [-0.3, -0.25) is 47.8 Å². The predicted octanol–water partition coefficient (Wildman–Crippen LogP) is 4.18. The number of amides is 7. The van der Waals surface area contributed by atoms with Gasteiger partial charge >= 0.3 is 0 Å². The first kappa shape index (κ1) is 46.0. The van der Waals surface area contributed by atoms with E-state index in [0.29, 0.717) is 40.7 Å². The first-order valence-corrected chi connectivity index (χ1v) is 23.5. The molecule has 338 valence electrons. The number of rotatable bonds is 20. The number of thiazole rings is 1. The second-order valence-corrected chi connectivity index (χ2v) is 18.2. The Morgan fingerprint density at radius 1 is 0.877 bits per heavy atom. The standard InChI is InChI=1S/C45H46N8O10S2/c1-65(61,62)52-22-19-31(24-52)40(56)48-35(41(57)51-45-49-36(27-64-45)29-9-5-4-6-10-29)26-63-25-28-11-13-30(14-12-28)39(55)47-21-8-3-2-7-20-46-32-15-16-33-34(23-32)44(60)53(43(33)59)37-17-18-38(54)50-42(37)58/h4-6,9-16,19,22-24,27,35,37,46H,2-3,7-8,17-18,20-21,25-26H2,1H3,(H,47,55)(H,48,56)(H,49,51,57)(H,50,54,58). The van der Waals surface area contributed by atoms with Gasteiger partial charge in [0.05, 0.1) is 41.9 Å². The third kappa shape index (κ3) is 11.6. The van der Waals surface area contributed by atoms with Gasteiger partial charge in [-0.25, -0.2) is 13.4 Å². The largest absolute Gasteiger partial charge is 0.385 e. The van der Waals surface area contributed by atoms with Crippen molar-refractivity contribution in [2.75, 3.05) is 36.6 Å². The molecule has 3 aromatic carbocycles. The molecule has 1 fully saturated rings. The zero-order chi connectivity index (χ0) is 46.1. The fraction of sp³-hybridized carbons (Fsp3) is 0.289. The fourth-order valence-electron chi connectivity index (χ4n) is 7.18. The molecule has 5 N–H and O–H groups in total. The number of piperidine rings is 1. The van der Waals surface area contributed by atoms with Crippen LogP contribution in [-0.4, -0.2) is 102 Å². The molecule has 0 spiro atoms. The number of carbonyl (C=O) groups is 7. The molecule has 2 aliphatic heterocycles. The number of carbonyl (C=O) groups excluding carboxylic acids is 7. The van der Waals surface area contributed by atoms with Gasteiger partial charge in [0, 0.05) is 54.1 Å². The monoisotopic (exact) mass is 922 g/mol. The second-order valence-electron chi connectivity index (χ2n) is 15.4. The molecule has 2 aliphatic rings. The van der Waals surface area contributed by atoms with Crippen molar-refractivity contribution < 1.29 is 46.7 Å². The quantitative estimate of drug-likeness (QED) is 0.0546. The summed E-state index contributed by atoms with van der Waals surface area (Å²) >= 11 is 1.22. The molecule has 0 radical (unpaired) electrons. The van der Waals surface area contributed by atoms with E-state index in [9.17, 15) is 42.0 Å². The first-order chi connectivity index (χ1) is 31.2. The van der Waals surface area contributed by atoms with E-state index >= 15 is 0 Å². The zero-order valence-electron chi connectivity index (χ0n) is 35.2. The normalized spacial score (nSPS) is 15.3. The first-order valence-electron chi connectivity index (χ1n) is 20.8. The van der Waals surface area contributed by atoms with Gasteiger partial charge in [-0.15, -0.1) is 11.3 Å². The smallest absolute Gasteiger partial charge is 0.262 e. The molecular weight excluding hydrogens is 877 g/mol. The van der Waals surface area contributed by atoms with Crippen LogP contribution in [0.5, 0.6) is 0 Å². The summed E-state index contributed by atoms with van der Waals surface area (Å²) in [4.78, 5) is 94.8. The Balaban J connectivity index is 0.824. The van der Waals surface area contributed by atoms with Crippen molar-refractivity contribution in [3.63, 3.8) is 0 Å². The molecule has 2 aromatic heterocycles. The number of anilines is 2. The Hall–Kier alpha value is -7.03. The molecule has 2 atom stereocenters. The highest BCUT2D eigenvalue weighted by Crippen LogP contribution is 2.30. The lowest BCUT2D eigenvalue weighted by Gasteiger charge is -2.27. The average Bonchev–Trinajstić information content (AvgIpc) is 4.04. The van der Waals surface area contributed by atoms with Crippen LogP contribution in [0.3, 0.4) is 0 Å². The van der Waals surface area contributed by atoms with Crippen molar-refractivity contribution in [1.82, 2.24) is 29.8 Å². The van der Waals surface area contributed by atoms with E-state index < -0.39 is 57.6 Å². The number of hydrogen-bond acceptors (Lipinski definition) is 13. The number of nitrogens with zero attached hydrogens (tertiary/aromatic N) is 3. The molecule has 0 aliphatic carbocycles. The summed E-state index contributed by atoms with van der Waals surface area (Å²) in [5.74, 6) is -3.69. The van der Waals surface area contributed by atoms with Gasteiger partial charge in [-0.1, -0.05) is 55.3 Å². The Bertz CT molecular complexity index is 2720. The molecule has 4 heterocycles. The molecule has 1 saturated heterocycles. The van der Waals surface area contributed by atoms with Crippen LogP contribution in [0.25, 0.3) is 11.3 Å². The van der Waals surface area contributed by atoms with Crippen molar-refractivity contribution in [2.45, 2.75) is 57.2 Å². The lowest BCUT2D eigenvalue weighted by molar-refractivity contribution is -0.136. The maximum atomic E-state index is 13.5. The highest BCUT2D eigenvalue weighted by atomic mass is 32.2. The van der Waals surface area contributed by atoms with Gasteiger partial charge in [-0.2, -0.15) is 0 Å². The highest BCUT2D eigenvalue weighted by Gasteiger charge is 2.44. The van der Waals surface area contributed by atoms with Crippen LogP contribution in [0, 0.1) is 0 Å². The van der Waals surface area contributed by atoms with E-state index in [1.807, 2.05) is 30.3 Å². The molecule has 7 rings (SSSR count). The highest BCUT2D eigenvalue weighted by molar-refractivity contribution is 7.89. The Morgan fingerprint density at radius 2 is 1.62 bits per heavy atom. The molecule has 20 heteroatoms. The molecule has 2 unspecified atom stereocenters. The summed E-state index contributed by atoms with van der Waals surface area (Å²) in [6.45, 7) is 0.922. The van der Waals surface area contributed by atoms with Crippen molar-refractivity contribution in [2.24, 2.45) is 0 Å². The number of unbranched alkanes of at least 4 members (excludes halogenated alkanes) is 3. The van der Waals surface area contributed by atoms with E-state index in [0.717, 1.165) is 52.6 Å². The summed E-state index contributed by atoms with van der Waals surface area (Å²) in [7, 11) is -3.63. The van der Waals surface area contributed by atoms with Gasteiger partial charge in [0.15, 0.2) is 5.13 Å². The minimum Gasteiger partial charge on any atom is -0.385 e. The Morgan fingerprint density at radius 3 is 2.34 bits per heavy atom. The molecule has 18 nitrogen and oxygen atoms in total. The van der Waals surface area contributed by atoms with Crippen molar-refractivity contribution >= 4 is 73.5 Å². The van der Waals surface area contributed by atoms with Gasteiger partial charge < -0.3 is 26.0 Å². The van der Waals surface area contributed by atoms with Gasteiger partial charge in [-0.05, 0) is 61.2 Å². The average molecular weight is 923 g/mol. The lowest BCUT2D eigenvalue weighted by atomic mass is 10.0. The van der Waals surface area contributed by atoms with Crippen LogP contribution in [0.1, 0.15) is 85.5 Å². The van der Waals surface area contributed by atoms with E-state index in [1.165, 1.54) is 23.6 Å². The van der Waals surface area contributed by atoms with Gasteiger partial charge in [0.2, 0.25) is 21.8 Å². The molecule has 5 aromatic rings. The Kier molecular flexibility index (Phi) is 14.6. The van der Waals surface area contributed by atoms with Crippen LogP contribution in [0.4, 0.5) is 10.8 Å². The number of nitrogens with one attached hydrogen (secondary N) is 5. The molecule has 0 saturated carbocycles. The number of imide groups is 2. The van der Waals surface area contributed by atoms with Crippen LogP contribution in [0.2, 0.25) is 0 Å². The van der Waals surface area contributed by atoms with Gasteiger partial charge in [0.1, 0.15) is 12.1 Å². The zero-order valence-corrected chi connectivity index (χ0v) is 36.8. The van der Waals surface area contributed by atoms with Crippen molar-refractivity contribution in [3.05, 3.63) is 124 Å². The maximum Gasteiger partial charge on any atom is 0.262 e. The molecule has 65 heavy (non-hydrogen) atoms. The molecular formula is C45H46N8O10S2. The predicted molar refractivity (Wildman–Crippen MR) is 241 cm³/mol. The van der Waals surface area contributed by atoms with E-state index in [-0.39, 0.29) is 48.7 Å².